The number of rotatable bonds is 5. The lowest BCUT2D eigenvalue weighted by Crippen LogP contribution is -2.32. The first kappa shape index (κ1) is 18.8. The topological polar surface area (TPSA) is 75.3 Å². The molecule has 0 aliphatic rings. The lowest BCUT2D eigenvalue weighted by Gasteiger charge is -2.13. The molecule has 98 valence electrons. The second kappa shape index (κ2) is 9.50. The van der Waals surface area contributed by atoms with Gasteiger partial charge in [-0.2, -0.15) is 0 Å². The standard InChI is InChI=1S/C10H13ClN2O2.2ClH/c11-8-3-1-7(2-4-8)9(10(14)15)13-6-5-12;;/h1-4,9,13H,5-6,12H2,(H,14,15);2*1H. The second-order valence-electron chi connectivity index (χ2n) is 3.07. The summed E-state index contributed by atoms with van der Waals surface area (Å²) in [6.07, 6.45) is 0. The van der Waals surface area contributed by atoms with Crippen molar-refractivity contribution in [3.8, 4) is 0 Å². The number of carboxylic acids is 1. The number of benzene rings is 1. The number of hydrogen-bond acceptors (Lipinski definition) is 3. The molecule has 4 nitrogen and oxygen atoms in total. The highest BCUT2D eigenvalue weighted by Crippen LogP contribution is 2.16. The highest BCUT2D eigenvalue weighted by molar-refractivity contribution is 6.30. The Morgan fingerprint density at radius 3 is 2.29 bits per heavy atom. The lowest BCUT2D eigenvalue weighted by atomic mass is 10.1. The van der Waals surface area contributed by atoms with E-state index in [4.69, 9.17) is 22.4 Å². The Balaban J connectivity index is 0. The van der Waals surface area contributed by atoms with E-state index >= 15 is 0 Å². The van der Waals surface area contributed by atoms with Gasteiger partial charge in [0, 0.05) is 18.1 Å². The number of nitrogens with one attached hydrogen (secondary N) is 1. The van der Waals surface area contributed by atoms with E-state index in [9.17, 15) is 4.79 Å². The monoisotopic (exact) mass is 300 g/mol. The van der Waals surface area contributed by atoms with Crippen molar-refractivity contribution in [2.45, 2.75) is 6.04 Å². The van der Waals surface area contributed by atoms with Crippen LogP contribution in [0, 0.1) is 0 Å². The number of halogens is 3. The number of carboxylic acid groups (broad SMARTS) is 1. The fourth-order valence-corrected chi connectivity index (χ4v) is 1.36. The van der Waals surface area contributed by atoms with E-state index in [0.29, 0.717) is 23.7 Å². The molecule has 0 fully saturated rings. The molecule has 0 aliphatic heterocycles. The van der Waals surface area contributed by atoms with Crippen LogP contribution in [0.15, 0.2) is 24.3 Å². The predicted octanol–water partition coefficient (Wildman–Crippen LogP) is 1.86. The minimum Gasteiger partial charge on any atom is -0.480 e. The van der Waals surface area contributed by atoms with Crippen molar-refractivity contribution in [2.24, 2.45) is 5.73 Å². The van der Waals surface area contributed by atoms with E-state index in [2.05, 4.69) is 5.32 Å². The molecule has 0 amide bonds. The third-order valence-electron chi connectivity index (χ3n) is 1.94. The van der Waals surface area contributed by atoms with Gasteiger partial charge in [0.05, 0.1) is 0 Å². The van der Waals surface area contributed by atoms with Crippen LogP contribution in [0.3, 0.4) is 0 Å². The molecule has 0 aromatic heterocycles. The van der Waals surface area contributed by atoms with E-state index in [-0.39, 0.29) is 24.8 Å². The van der Waals surface area contributed by atoms with Crippen molar-refractivity contribution in [3.63, 3.8) is 0 Å². The maximum Gasteiger partial charge on any atom is 0.325 e. The van der Waals surface area contributed by atoms with Crippen molar-refractivity contribution in [1.82, 2.24) is 5.32 Å². The Morgan fingerprint density at radius 1 is 1.35 bits per heavy atom. The molecule has 0 saturated carbocycles. The van der Waals surface area contributed by atoms with Crippen LogP contribution in [0.1, 0.15) is 11.6 Å². The Bertz CT molecular complexity index is 333. The van der Waals surface area contributed by atoms with Gasteiger partial charge in [0.1, 0.15) is 6.04 Å². The lowest BCUT2D eigenvalue weighted by molar-refractivity contribution is -0.139. The second-order valence-corrected chi connectivity index (χ2v) is 3.50. The molecule has 0 heterocycles. The van der Waals surface area contributed by atoms with E-state index < -0.39 is 12.0 Å². The van der Waals surface area contributed by atoms with Crippen molar-refractivity contribution in [2.75, 3.05) is 13.1 Å². The zero-order valence-electron chi connectivity index (χ0n) is 8.93. The molecule has 1 atom stereocenters. The van der Waals surface area contributed by atoms with Crippen molar-refractivity contribution < 1.29 is 9.90 Å². The largest absolute Gasteiger partial charge is 0.480 e. The summed E-state index contributed by atoms with van der Waals surface area (Å²) in [5.74, 6) is -0.925. The fourth-order valence-electron chi connectivity index (χ4n) is 1.23. The van der Waals surface area contributed by atoms with Gasteiger partial charge in [0.25, 0.3) is 0 Å². The van der Waals surface area contributed by atoms with Gasteiger partial charge in [-0.15, -0.1) is 24.8 Å². The first-order valence-electron chi connectivity index (χ1n) is 4.57. The summed E-state index contributed by atoms with van der Waals surface area (Å²) in [7, 11) is 0. The summed E-state index contributed by atoms with van der Waals surface area (Å²) in [6.45, 7) is 0.858. The quantitative estimate of drug-likeness (QED) is 0.776. The van der Waals surface area contributed by atoms with Crippen LogP contribution in [0.4, 0.5) is 0 Å². The molecule has 4 N–H and O–H groups in total. The van der Waals surface area contributed by atoms with Crippen LogP contribution in [-0.4, -0.2) is 24.2 Å². The molecule has 17 heavy (non-hydrogen) atoms. The number of aliphatic carboxylic acids is 1. The maximum atomic E-state index is 11.0. The molecule has 1 rings (SSSR count). The van der Waals surface area contributed by atoms with Gasteiger partial charge in [0.15, 0.2) is 0 Å². The zero-order chi connectivity index (χ0) is 11.3. The predicted molar refractivity (Wildman–Crippen MR) is 73.4 cm³/mol. The van der Waals surface area contributed by atoms with Gasteiger partial charge in [-0.1, -0.05) is 23.7 Å². The maximum absolute atomic E-state index is 11.0. The molecule has 1 aromatic carbocycles. The van der Waals surface area contributed by atoms with Crippen LogP contribution < -0.4 is 11.1 Å². The molecule has 0 spiro atoms. The normalized spacial score (nSPS) is 10.9. The summed E-state index contributed by atoms with van der Waals surface area (Å²) >= 11 is 5.71. The Labute approximate surface area is 117 Å². The third kappa shape index (κ3) is 6.10. The highest BCUT2D eigenvalue weighted by atomic mass is 35.5. The molecule has 7 heteroatoms. The minimum atomic E-state index is -0.925. The summed E-state index contributed by atoms with van der Waals surface area (Å²) in [6, 6.07) is 5.97. The van der Waals surface area contributed by atoms with E-state index in [1.54, 1.807) is 24.3 Å². The zero-order valence-corrected chi connectivity index (χ0v) is 11.3. The van der Waals surface area contributed by atoms with Gasteiger partial charge >= 0.3 is 5.97 Å². The van der Waals surface area contributed by atoms with E-state index in [1.165, 1.54) is 0 Å². The summed E-state index contributed by atoms with van der Waals surface area (Å²) in [5, 5.41) is 12.4. The van der Waals surface area contributed by atoms with E-state index in [0.717, 1.165) is 0 Å². The van der Waals surface area contributed by atoms with Gasteiger partial charge in [-0.05, 0) is 17.7 Å². The molecule has 1 unspecified atom stereocenters. The molecular formula is C10H15Cl3N2O2. The SMILES string of the molecule is Cl.Cl.NCCNC(C(=O)O)c1ccc(Cl)cc1. The Kier molecular flexibility index (Phi) is 10.5. The first-order chi connectivity index (χ1) is 7.15. The Morgan fingerprint density at radius 2 is 1.88 bits per heavy atom. The van der Waals surface area contributed by atoms with Gasteiger partial charge in [-0.3, -0.25) is 10.1 Å². The Hall–Kier alpha value is -0.520. The molecule has 0 saturated heterocycles. The summed E-state index contributed by atoms with van der Waals surface area (Å²) in [4.78, 5) is 11.0. The van der Waals surface area contributed by atoms with E-state index in [1.807, 2.05) is 0 Å². The summed E-state index contributed by atoms with van der Waals surface area (Å²) < 4.78 is 0. The number of nitrogens with two attached hydrogens (primary N) is 1. The van der Waals surface area contributed by atoms with Crippen LogP contribution in [0.5, 0.6) is 0 Å². The number of hydrogen-bond donors (Lipinski definition) is 3. The highest BCUT2D eigenvalue weighted by Gasteiger charge is 2.18. The molecule has 0 aliphatic carbocycles. The third-order valence-corrected chi connectivity index (χ3v) is 2.20. The average Bonchev–Trinajstić information content (AvgIpc) is 2.21. The van der Waals surface area contributed by atoms with Crippen LogP contribution >= 0.6 is 36.4 Å². The number of carbonyl (C=O) groups is 1. The average molecular weight is 302 g/mol. The summed E-state index contributed by atoms with van der Waals surface area (Å²) in [5.41, 5.74) is 5.97. The van der Waals surface area contributed by atoms with Crippen molar-refractivity contribution in [1.29, 1.82) is 0 Å². The first-order valence-corrected chi connectivity index (χ1v) is 4.94. The molecule has 0 bridgehead atoms. The van der Waals surface area contributed by atoms with Crippen molar-refractivity contribution in [3.05, 3.63) is 34.9 Å². The van der Waals surface area contributed by atoms with Crippen LogP contribution in [0.25, 0.3) is 0 Å². The fraction of sp³-hybridized carbons (Fsp3) is 0.300. The smallest absolute Gasteiger partial charge is 0.325 e. The van der Waals surface area contributed by atoms with Crippen molar-refractivity contribution >= 4 is 42.4 Å². The van der Waals surface area contributed by atoms with Gasteiger partial charge in [-0.25, -0.2) is 0 Å². The molecule has 1 aromatic rings. The van der Waals surface area contributed by atoms with Gasteiger partial charge in [0.2, 0.25) is 0 Å². The molecular weight excluding hydrogens is 286 g/mol. The van der Waals surface area contributed by atoms with Crippen LogP contribution in [0.2, 0.25) is 5.02 Å². The van der Waals surface area contributed by atoms with Crippen LogP contribution in [-0.2, 0) is 4.79 Å². The molecule has 0 radical (unpaired) electrons. The minimum absolute atomic E-state index is 0. The van der Waals surface area contributed by atoms with Gasteiger partial charge < -0.3 is 10.8 Å².